The third-order valence-electron chi connectivity index (χ3n) is 22.1. The summed E-state index contributed by atoms with van der Waals surface area (Å²) in [6.45, 7) is 10.4. The lowest BCUT2D eigenvalue weighted by molar-refractivity contribution is 0.771. The molecule has 0 bridgehead atoms. The maximum atomic E-state index is 13.4. The molecule has 0 amide bonds. The third kappa shape index (κ3) is 7.07. The zero-order valence-corrected chi connectivity index (χ0v) is 54.0. The van der Waals surface area contributed by atoms with Gasteiger partial charge in [-0.15, -0.1) is 0 Å². The fourth-order valence-electron chi connectivity index (χ4n) is 18.5. The first-order valence-corrected chi connectivity index (χ1v) is 34.2. The fraction of sp³-hybridized carbons (Fsp3) is 0.0213. The average molecular weight is 1270 g/mol. The van der Waals surface area contributed by atoms with E-state index in [4.69, 9.17) is 4.85 Å². The molecule has 462 valence electrons. The van der Waals surface area contributed by atoms with Gasteiger partial charge in [0.15, 0.2) is 0 Å². The lowest BCUT2D eigenvalue weighted by Gasteiger charge is -2.35. The van der Waals surface area contributed by atoms with Crippen LogP contribution in [0.4, 0.5) is 5.69 Å². The van der Waals surface area contributed by atoms with Crippen LogP contribution in [0.25, 0.3) is 137 Å². The molecule has 0 N–H and O–H groups in total. The van der Waals surface area contributed by atoms with Gasteiger partial charge in [0.1, 0.15) is 0 Å². The summed E-state index contributed by atoms with van der Waals surface area (Å²) >= 11 is 0. The van der Waals surface area contributed by atoms with Gasteiger partial charge < -0.3 is 18.3 Å². The Kier molecular flexibility index (Phi) is 11.7. The molecular formula is C94H56N6. The molecule has 0 fully saturated rings. The molecule has 21 rings (SSSR count). The Morgan fingerprint density at radius 3 is 0.880 bits per heavy atom. The van der Waals surface area contributed by atoms with Crippen LogP contribution >= 0.6 is 0 Å². The van der Waals surface area contributed by atoms with Crippen LogP contribution < -0.4 is 0 Å². The molecule has 6 heteroatoms. The highest BCUT2D eigenvalue weighted by atomic mass is 15.2. The summed E-state index contributed by atoms with van der Waals surface area (Å²) in [6, 6.07) is 127. The summed E-state index contributed by atoms with van der Waals surface area (Å²) in [6.07, 6.45) is 0. The number of hydrogen-bond donors (Lipinski definition) is 0. The fourth-order valence-corrected chi connectivity index (χ4v) is 18.5. The predicted molar refractivity (Wildman–Crippen MR) is 409 cm³/mol. The summed E-state index contributed by atoms with van der Waals surface area (Å²) in [5, 5.41) is 21.7. The van der Waals surface area contributed by atoms with Crippen molar-refractivity contribution < 1.29 is 0 Å². The van der Waals surface area contributed by atoms with Crippen molar-refractivity contribution >= 4 is 92.9 Å². The maximum absolute atomic E-state index is 13.4. The van der Waals surface area contributed by atoms with E-state index in [9.17, 15) is 11.8 Å². The van der Waals surface area contributed by atoms with Gasteiger partial charge in [0, 0.05) is 54.2 Å². The van der Waals surface area contributed by atoms with Gasteiger partial charge >= 0.3 is 0 Å². The first-order valence-electron chi connectivity index (χ1n) is 34.2. The van der Waals surface area contributed by atoms with E-state index in [0.717, 1.165) is 154 Å². The highest BCUT2D eigenvalue weighted by Gasteiger charge is 2.51. The monoisotopic (exact) mass is 1270 g/mol. The molecule has 0 aliphatic heterocycles. The largest absolute Gasteiger partial charge is 0.316 e. The standard InChI is InChI=1S/C94H56N6/c1-96-86-75(58-95)89(99-82-52-28-20-44-69(82)73-56-54-71-63-38-14-22-46-76(63)93(84(71)87(73)99,59-30-6-2-7-31-59)60-32-8-3-9-33-60)91(97-78-48-24-16-40-65(78)66-41-17-25-49-79(66)97)92(98-80-50-26-18-42-67(80)68-43-19-27-51-81(68)98)90(86)100-83-53-29-21-45-70(83)74-57-55-72-64-39-15-23-47-77(64)94(85(72)88(74)100,61-34-10-4-11-35-61)62-36-12-5-13-37-62/h2-57H. The van der Waals surface area contributed by atoms with Crippen molar-refractivity contribution in [3.8, 4) is 51.1 Å². The summed E-state index contributed by atoms with van der Waals surface area (Å²) in [5.74, 6) is 0. The molecular weight excluding hydrogens is 1210 g/mol. The van der Waals surface area contributed by atoms with Crippen molar-refractivity contribution in [3.05, 3.63) is 401 Å². The van der Waals surface area contributed by atoms with Crippen molar-refractivity contribution in [2.24, 2.45) is 0 Å². The predicted octanol–water partition coefficient (Wildman–Crippen LogP) is 23.2. The van der Waals surface area contributed by atoms with Crippen molar-refractivity contribution in [2.45, 2.75) is 10.8 Å². The average Bonchev–Trinajstić information content (AvgIpc) is 1.49. The number of fused-ring (bicyclic) bond motifs is 20. The molecule has 4 heterocycles. The van der Waals surface area contributed by atoms with Gasteiger partial charge in [0.05, 0.1) is 95.9 Å². The third-order valence-corrected chi connectivity index (χ3v) is 22.1. The van der Waals surface area contributed by atoms with E-state index in [1.807, 2.05) is 0 Å². The number of aromatic nitrogens is 4. The second-order valence-electron chi connectivity index (χ2n) is 26.6. The minimum Gasteiger partial charge on any atom is -0.316 e. The number of hydrogen-bond acceptors (Lipinski definition) is 1. The smallest absolute Gasteiger partial charge is 0.232 e. The van der Waals surface area contributed by atoms with Gasteiger partial charge in [-0.1, -0.05) is 303 Å². The van der Waals surface area contributed by atoms with E-state index in [0.29, 0.717) is 11.4 Å². The van der Waals surface area contributed by atoms with Gasteiger partial charge in [0.2, 0.25) is 5.69 Å². The summed E-state index contributed by atoms with van der Waals surface area (Å²) < 4.78 is 9.76. The van der Waals surface area contributed by atoms with Crippen molar-refractivity contribution in [1.29, 1.82) is 5.26 Å². The first-order chi connectivity index (χ1) is 49.6. The lowest BCUT2D eigenvalue weighted by atomic mass is 9.67. The zero-order chi connectivity index (χ0) is 66.0. The SMILES string of the molecule is [C-]#[N+]c1c(C#N)c(-n2c3ccccc3c3ccc4c(c32)C(c2ccccc2)(c2ccccc2)c2ccccc2-4)c(-n2c3ccccc3c3ccccc32)c(-n2c3ccccc3c3ccccc32)c1-n1c2ccccc2c2ccc3c(c21)C(c1ccccc1)(c1ccccc1)c1ccccc1-3. The highest BCUT2D eigenvalue weighted by molar-refractivity contribution is 6.20. The molecule has 0 radical (unpaired) electrons. The van der Waals surface area contributed by atoms with Gasteiger partial charge in [-0.2, -0.15) is 5.26 Å². The molecule has 0 atom stereocenters. The van der Waals surface area contributed by atoms with Crippen LogP contribution in [-0.4, -0.2) is 18.3 Å². The number of nitriles is 1. The Morgan fingerprint density at radius 1 is 0.260 bits per heavy atom. The van der Waals surface area contributed by atoms with Crippen molar-refractivity contribution in [1.82, 2.24) is 18.3 Å². The Labute approximate surface area is 576 Å². The topological polar surface area (TPSA) is 47.9 Å². The quantitative estimate of drug-likeness (QED) is 0.140. The minimum absolute atomic E-state index is 0.221. The molecule has 0 saturated carbocycles. The van der Waals surface area contributed by atoms with Crippen LogP contribution in [0.15, 0.2) is 340 Å². The van der Waals surface area contributed by atoms with Crippen LogP contribution in [0.1, 0.15) is 50.1 Å². The van der Waals surface area contributed by atoms with Crippen molar-refractivity contribution in [2.75, 3.05) is 0 Å². The summed E-state index contributed by atoms with van der Waals surface area (Å²) in [5.41, 5.74) is 22.3. The van der Waals surface area contributed by atoms with Gasteiger partial charge in [-0.05, 0) is 92.0 Å². The number of nitrogens with zero attached hydrogens (tertiary/aromatic N) is 6. The van der Waals surface area contributed by atoms with E-state index in [1.54, 1.807) is 0 Å². The molecule has 0 unspecified atom stereocenters. The summed E-state index contributed by atoms with van der Waals surface area (Å²) in [4.78, 5) is 5.00. The van der Waals surface area contributed by atoms with Crippen LogP contribution in [-0.2, 0) is 10.8 Å². The Hall–Kier alpha value is -13.5. The normalized spacial score (nSPS) is 13.3. The molecule has 2 aliphatic carbocycles. The molecule has 4 aromatic heterocycles. The number of rotatable bonds is 8. The van der Waals surface area contributed by atoms with Gasteiger partial charge in [-0.25, -0.2) is 4.85 Å². The Balaban J connectivity index is 1.07. The van der Waals surface area contributed by atoms with Crippen LogP contribution in [0.3, 0.4) is 0 Å². The summed E-state index contributed by atoms with van der Waals surface area (Å²) in [7, 11) is 0. The Bertz CT molecular complexity index is 6190. The highest BCUT2D eigenvalue weighted by Crippen LogP contribution is 2.63. The zero-order valence-electron chi connectivity index (χ0n) is 54.0. The first kappa shape index (κ1) is 55.7. The van der Waals surface area contributed by atoms with Gasteiger partial charge in [0.25, 0.3) is 0 Å². The number of para-hydroxylation sites is 6. The lowest BCUT2D eigenvalue weighted by Crippen LogP contribution is -2.29. The van der Waals surface area contributed by atoms with E-state index >= 15 is 0 Å². The number of benzene rings is 15. The van der Waals surface area contributed by atoms with Crippen LogP contribution in [0, 0.1) is 17.9 Å². The van der Waals surface area contributed by atoms with E-state index in [-0.39, 0.29) is 11.3 Å². The maximum Gasteiger partial charge on any atom is 0.232 e. The van der Waals surface area contributed by atoms with E-state index < -0.39 is 10.8 Å². The van der Waals surface area contributed by atoms with Crippen molar-refractivity contribution in [3.63, 3.8) is 0 Å². The Morgan fingerprint density at radius 2 is 0.540 bits per heavy atom. The van der Waals surface area contributed by atoms with Crippen LogP contribution in [0.5, 0.6) is 0 Å². The molecule has 19 aromatic rings. The van der Waals surface area contributed by atoms with E-state index in [2.05, 4.69) is 364 Å². The van der Waals surface area contributed by atoms with Gasteiger partial charge in [-0.3, -0.25) is 0 Å². The second kappa shape index (κ2) is 21.0. The van der Waals surface area contributed by atoms with Crippen LogP contribution in [0.2, 0.25) is 0 Å². The second-order valence-corrected chi connectivity index (χ2v) is 26.6. The van der Waals surface area contributed by atoms with E-state index in [1.165, 1.54) is 11.1 Å². The molecule has 0 saturated heterocycles. The molecule has 2 aliphatic rings. The molecule has 6 nitrogen and oxygen atoms in total. The molecule has 100 heavy (non-hydrogen) atoms. The molecule has 15 aromatic carbocycles. The molecule has 0 spiro atoms. The minimum atomic E-state index is -0.886.